The first-order valence-corrected chi connectivity index (χ1v) is 9.53. The second kappa shape index (κ2) is 6.51. The summed E-state index contributed by atoms with van der Waals surface area (Å²) in [5, 5.41) is 2.34. The summed E-state index contributed by atoms with van der Waals surface area (Å²) in [5.41, 5.74) is 11.1. The molecule has 5 heteroatoms. The van der Waals surface area contributed by atoms with E-state index in [1.165, 1.54) is 31.7 Å². The van der Waals surface area contributed by atoms with E-state index in [1.807, 2.05) is 24.3 Å². The van der Waals surface area contributed by atoms with Gasteiger partial charge < -0.3 is 10.6 Å². The second-order valence-corrected chi connectivity index (χ2v) is 7.80. The van der Waals surface area contributed by atoms with Gasteiger partial charge in [-0.3, -0.25) is 4.79 Å². The van der Waals surface area contributed by atoms with Crippen molar-refractivity contribution in [3.63, 3.8) is 0 Å². The molecule has 0 unspecified atom stereocenters. The van der Waals surface area contributed by atoms with Gasteiger partial charge >= 0.3 is 5.97 Å². The molecule has 0 amide bonds. The van der Waals surface area contributed by atoms with Gasteiger partial charge in [0.25, 0.3) is 0 Å². The lowest BCUT2D eigenvalue weighted by molar-refractivity contribution is -0.142. The largest absolute Gasteiger partial charge is 0.397 e. The van der Waals surface area contributed by atoms with Crippen molar-refractivity contribution in [3.05, 3.63) is 47.0 Å². The zero-order chi connectivity index (χ0) is 18.3. The highest BCUT2D eigenvalue weighted by molar-refractivity contribution is 6.33. The Morgan fingerprint density at radius 3 is 2.69 bits per heavy atom. The number of nitrogens with zero attached hydrogens (tertiary/aromatic N) is 1. The van der Waals surface area contributed by atoms with Gasteiger partial charge in [0.15, 0.2) is 0 Å². The summed E-state index contributed by atoms with van der Waals surface area (Å²) in [5.74, 6) is -0.285. The van der Waals surface area contributed by atoms with Crippen LogP contribution >= 0.6 is 11.6 Å². The maximum absolute atomic E-state index is 11.6. The minimum Gasteiger partial charge on any atom is -0.397 e. The van der Waals surface area contributed by atoms with Crippen molar-refractivity contribution in [2.24, 2.45) is 0 Å². The van der Waals surface area contributed by atoms with E-state index in [9.17, 15) is 4.79 Å². The van der Waals surface area contributed by atoms with Crippen molar-refractivity contribution in [3.8, 4) is 11.1 Å². The number of anilines is 2. The summed E-state index contributed by atoms with van der Waals surface area (Å²) in [6.45, 7) is 2.18. The number of carbonyl (C=O) groups excluding carboxylic acids is 1. The van der Waals surface area contributed by atoms with Crippen LogP contribution < -0.4 is 10.8 Å². The predicted octanol–water partition coefficient (Wildman–Crippen LogP) is 5.09. The van der Waals surface area contributed by atoms with Gasteiger partial charge in [0, 0.05) is 17.9 Å². The van der Waals surface area contributed by atoms with Gasteiger partial charge in [-0.1, -0.05) is 49.1 Å². The molecule has 1 spiro atoms. The fourth-order valence-corrected chi connectivity index (χ4v) is 4.65. The molecule has 1 heterocycles. The highest BCUT2D eigenvalue weighted by Crippen LogP contribution is 2.50. The molecule has 4 rings (SSSR count). The normalized spacial score (nSPS) is 18.0. The zero-order valence-electron chi connectivity index (χ0n) is 14.9. The molecule has 0 atom stereocenters. The third-order valence-corrected chi connectivity index (χ3v) is 6.03. The number of hydroxylamine groups is 1. The van der Waals surface area contributed by atoms with E-state index in [2.05, 4.69) is 6.07 Å². The minimum absolute atomic E-state index is 0.0480. The molecular formula is C21H23ClN2O2. The lowest BCUT2D eigenvalue weighted by atomic mass is 9.70. The Bertz CT molecular complexity index is 859. The number of benzene rings is 2. The van der Waals surface area contributed by atoms with Crippen LogP contribution in [-0.4, -0.2) is 12.5 Å². The number of nitrogen functional groups attached to an aromatic ring is 1. The van der Waals surface area contributed by atoms with Gasteiger partial charge in [-0.05, 0) is 42.2 Å². The molecule has 2 aliphatic rings. The Hall–Kier alpha value is -2.20. The number of para-hydroxylation sites is 1. The maximum atomic E-state index is 11.6. The van der Waals surface area contributed by atoms with Crippen LogP contribution in [0.25, 0.3) is 11.1 Å². The van der Waals surface area contributed by atoms with Crippen molar-refractivity contribution in [2.45, 2.75) is 44.4 Å². The summed E-state index contributed by atoms with van der Waals surface area (Å²) in [7, 11) is 0. The van der Waals surface area contributed by atoms with Gasteiger partial charge in [0.05, 0.1) is 22.9 Å². The standard InChI is InChI=1S/C21H23ClN2O2/c1-14(25)26-24-13-21(10-3-2-4-11-21)17-12-15(8-9-19(17)24)16-6-5-7-18(22)20(16)23/h5-9,12H,2-4,10-11,13,23H2,1H3. The maximum Gasteiger partial charge on any atom is 0.329 e. The highest BCUT2D eigenvalue weighted by atomic mass is 35.5. The zero-order valence-corrected chi connectivity index (χ0v) is 15.7. The quantitative estimate of drug-likeness (QED) is 0.748. The fourth-order valence-electron chi connectivity index (χ4n) is 4.47. The van der Waals surface area contributed by atoms with Gasteiger partial charge in [-0.15, -0.1) is 0 Å². The molecule has 0 aromatic heterocycles. The molecule has 0 saturated heterocycles. The van der Waals surface area contributed by atoms with E-state index in [0.29, 0.717) is 10.7 Å². The molecule has 1 fully saturated rings. The van der Waals surface area contributed by atoms with Gasteiger partial charge in [-0.2, -0.15) is 0 Å². The summed E-state index contributed by atoms with van der Waals surface area (Å²) < 4.78 is 0. The predicted molar refractivity (Wildman–Crippen MR) is 105 cm³/mol. The third kappa shape index (κ3) is 2.82. The number of carbonyl (C=O) groups is 1. The molecule has 2 N–H and O–H groups in total. The molecule has 1 aliphatic heterocycles. The van der Waals surface area contributed by atoms with E-state index >= 15 is 0 Å². The molecule has 0 radical (unpaired) electrons. The van der Waals surface area contributed by atoms with Crippen molar-refractivity contribution >= 4 is 28.9 Å². The summed E-state index contributed by atoms with van der Waals surface area (Å²) >= 11 is 6.21. The number of hydrogen-bond donors (Lipinski definition) is 1. The Kier molecular flexibility index (Phi) is 4.31. The Morgan fingerprint density at radius 1 is 1.19 bits per heavy atom. The molecule has 26 heavy (non-hydrogen) atoms. The number of rotatable bonds is 2. The van der Waals surface area contributed by atoms with Gasteiger partial charge in [0.1, 0.15) is 0 Å². The van der Waals surface area contributed by atoms with Crippen LogP contribution in [0.5, 0.6) is 0 Å². The molecule has 0 bridgehead atoms. The van der Waals surface area contributed by atoms with Crippen LogP contribution in [0, 0.1) is 0 Å². The summed E-state index contributed by atoms with van der Waals surface area (Å²) in [4.78, 5) is 17.1. The minimum atomic E-state index is -0.285. The van der Waals surface area contributed by atoms with Gasteiger partial charge in [0.2, 0.25) is 0 Å². The monoisotopic (exact) mass is 370 g/mol. The first kappa shape index (κ1) is 17.2. The highest BCUT2D eigenvalue weighted by Gasteiger charge is 2.44. The Morgan fingerprint density at radius 2 is 1.96 bits per heavy atom. The molecule has 136 valence electrons. The first-order valence-electron chi connectivity index (χ1n) is 9.15. The summed E-state index contributed by atoms with van der Waals surface area (Å²) in [6, 6.07) is 12.0. The molecule has 2 aromatic rings. The average molecular weight is 371 g/mol. The second-order valence-electron chi connectivity index (χ2n) is 7.39. The third-order valence-electron chi connectivity index (χ3n) is 5.70. The van der Waals surface area contributed by atoms with Crippen LogP contribution in [0.4, 0.5) is 11.4 Å². The van der Waals surface area contributed by atoms with E-state index in [1.54, 1.807) is 11.1 Å². The molecular weight excluding hydrogens is 348 g/mol. The number of nitrogens with two attached hydrogens (primary N) is 1. The van der Waals surface area contributed by atoms with Crippen LogP contribution in [0.3, 0.4) is 0 Å². The Balaban J connectivity index is 1.82. The number of fused-ring (bicyclic) bond motifs is 2. The summed E-state index contributed by atoms with van der Waals surface area (Å²) in [6.07, 6.45) is 5.91. The number of hydrogen-bond acceptors (Lipinski definition) is 4. The first-order chi connectivity index (χ1) is 12.5. The lowest BCUT2D eigenvalue weighted by Crippen LogP contribution is -2.36. The smallest absolute Gasteiger partial charge is 0.329 e. The van der Waals surface area contributed by atoms with Crippen molar-refractivity contribution in [2.75, 3.05) is 17.3 Å². The van der Waals surface area contributed by atoms with Crippen LogP contribution in [0.1, 0.15) is 44.6 Å². The molecule has 4 nitrogen and oxygen atoms in total. The van der Waals surface area contributed by atoms with Gasteiger partial charge in [-0.25, -0.2) is 5.06 Å². The number of halogens is 1. The molecule has 1 saturated carbocycles. The van der Waals surface area contributed by atoms with Crippen molar-refractivity contribution < 1.29 is 9.63 Å². The Labute approximate surface area is 158 Å². The van der Waals surface area contributed by atoms with Crippen LogP contribution in [-0.2, 0) is 15.0 Å². The van der Waals surface area contributed by atoms with Crippen LogP contribution in [0.2, 0.25) is 5.02 Å². The van der Waals surface area contributed by atoms with Crippen molar-refractivity contribution in [1.29, 1.82) is 0 Å². The van der Waals surface area contributed by atoms with E-state index in [0.717, 1.165) is 36.2 Å². The van der Waals surface area contributed by atoms with E-state index in [-0.39, 0.29) is 11.4 Å². The van der Waals surface area contributed by atoms with E-state index < -0.39 is 0 Å². The molecule has 1 aliphatic carbocycles. The fraction of sp³-hybridized carbons (Fsp3) is 0.381. The van der Waals surface area contributed by atoms with Crippen LogP contribution in [0.15, 0.2) is 36.4 Å². The van der Waals surface area contributed by atoms with E-state index in [4.69, 9.17) is 22.2 Å². The topological polar surface area (TPSA) is 55.6 Å². The lowest BCUT2D eigenvalue weighted by Gasteiger charge is -2.34. The molecule has 2 aromatic carbocycles. The SMILES string of the molecule is CC(=O)ON1CC2(CCCCC2)c2cc(-c3cccc(Cl)c3N)ccc21. The average Bonchev–Trinajstić information content (AvgIpc) is 2.90. The van der Waals surface area contributed by atoms with Crippen molar-refractivity contribution in [1.82, 2.24) is 0 Å².